The topological polar surface area (TPSA) is 90.5 Å². The second-order valence-corrected chi connectivity index (χ2v) is 12.0. The number of hydrogen-bond acceptors (Lipinski definition) is 5. The first kappa shape index (κ1) is 24.8. The van der Waals surface area contributed by atoms with Gasteiger partial charge in [0, 0.05) is 60.2 Å². The van der Waals surface area contributed by atoms with Crippen LogP contribution < -0.4 is 16.0 Å². The van der Waals surface area contributed by atoms with Gasteiger partial charge in [-0.15, -0.1) is 0 Å². The molecular formula is C28H36F2N4O3. The zero-order chi connectivity index (χ0) is 25.8. The molecular weight excluding hydrogens is 478 g/mol. The van der Waals surface area contributed by atoms with Crippen molar-refractivity contribution in [3.8, 4) is 0 Å². The number of anilines is 1. The Morgan fingerprint density at radius 2 is 1.76 bits per heavy atom. The van der Waals surface area contributed by atoms with Crippen molar-refractivity contribution in [2.75, 3.05) is 5.32 Å². The van der Waals surface area contributed by atoms with Crippen LogP contribution >= 0.6 is 0 Å². The van der Waals surface area contributed by atoms with Crippen molar-refractivity contribution in [2.45, 2.75) is 113 Å². The van der Waals surface area contributed by atoms with Gasteiger partial charge in [0.25, 0.3) is 11.8 Å². The molecule has 7 nitrogen and oxygen atoms in total. The fourth-order valence-corrected chi connectivity index (χ4v) is 6.76. The van der Waals surface area contributed by atoms with E-state index >= 15 is 0 Å². The smallest absolute Gasteiger partial charge is 0.255 e. The van der Waals surface area contributed by atoms with Crippen molar-refractivity contribution in [3.05, 3.63) is 29.3 Å². The lowest BCUT2D eigenvalue weighted by Gasteiger charge is -2.45. The van der Waals surface area contributed by atoms with Crippen molar-refractivity contribution < 1.29 is 23.2 Å². The number of rotatable bonds is 8. The van der Waals surface area contributed by atoms with E-state index in [0.717, 1.165) is 49.3 Å². The van der Waals surface area contributed by atoms with Gasteiger partial charge in [0.15, 0.2) is 0 Å². The molecule has 3 amide bonds. The highest BCUT2D eigenvalue weighted by Crippen LogP contribution is 2.44. The average Bonchev–Trinajstić information content (AvgIpc) is 3.61. The summed E-state index contributed by atoms with van der Waals surface area (Å²) in [5.74, 6) is -2.55. The standard InChI is InChI=1S/C28H36F2N4O3/c29-28(30)14-19(15-28)31-18-9-12-27(13-10-18,11-8-17-4-5-17)33-22-3-1-2-20-21(22)16-34(26(20)37)23-6-7-24(35)32-25(23)36/h1-3,17-19,23,31,33H,4-16H2,(H,32,35,36). The van der Waals surface area contributed by atoms with Gasteiger partial charge in [-0.3, -0.25) is 19.7 Å². The Balaban J connectivity index is 1.16. The van der Waals surface area contributed by atoms with Gasteiger partial charge in [-0.05, 0) is 63.0 Å². The Morgan fingerprint density at radius 3 is 2.43 bits per heavy atom. The maximum atomic E-state index is 13.3. The lowest BCUT2D eigenvalue weighted by Crippen LogP contribution is -2.54. The summed E-state index contributed by atoms with van der Waals surface area (Å²) in [7, 11) is 0. The number of imide groups is 1. The van der Waals surface area contributed by atoms with E-state index in [4.69, 9.17) is 0 Å². The first-order valence-electron chi connectivity index (χ1n) is 13.9. The monoisotopic (exact) mass is 514 g/mol. The lowest BCUT2D eigenvalue weighted by atomic mass is 9.75. The molecule has 0 spiro atoms. The first-order valence-corrected chi connectivity index (χ1v) is 13.9. The van der Waals surface area contributed by atoms with Gasteiger partial charge >= 0.3 is 0 Å². The van der Waals surface area contributed by atoms with Crippen LogP contribution in [0.3, 0.4) is 0 Å². The van der Waals surface area contributed by atoms with E-state index in [1.54, 1.807) is 4.90 Å². The molecule has 0 radical (unpaired) electrons. The third-order valence-electron chi connectivity index (χ3n) is 9.21. The number of carbonyl (C=O) groups is 3. The number of piperidine rings is 1. The molecule has 0 aromatic heterocycles. The Hall–Kier alpha value is -2.55. The van der Waals surface area contributed by atoms with Crippen LogP contribution in [0.25, 0.3) is 0 Å². The van der Waals surface area contributed by atoms with Crippen molar-refractivity contribution in [3.63, 3.8) is 0 Å². The van der Waals surface area contributed by atoms with Crippen LogP contribution in [0.2, 0.25) is 0 Å². The summed E-state index contributed by atoms with van der Waals surface area (Å²) in [5, 5.41) is 9.71. The Morgan fingerprint density at radius 1 is 1.00 bits per heavy atom. The number of amides is 3. The number of nitrogens with one attached hydrogen (secondary N) is 3. The predicted octanol–water partition coefficient (Wildman–Crippen LogP) is 4.12. The molecule has 1 unspecified atom stereocenters. The third kappa shape index (κ3) is 5.11. The van der Waals surface area contributed by atoms with E-state index in [9.17, 15) is 23.2 Å². The highest BCUT2D eigenvalue weighted by molar-refractivity contribution is 6.06. The molecule has 1 atom stereocenters. The minimum absolute atomic E-state index is 0.0531. The summed E-state index contributed by atoms with van der Waals surface area (Å²) in [4.78, 5) is 39.0. The van der Waals surface area contributed by atoms with Crippen LogP contribution in [0.1, 0.15) is 93.0 Å². The van der Waals surface area contributed by atoms with E-state index in [0.29, 0.717) is 18.5 Å². The molecule has 3 saturated carbocycles. The van der Waals surface area contributed by atoms with Crippen molar-refractivity contribution >= 4 is 23.4 Å². The van der Waals surface area contributed by atoms with Crippen molar-refractivity contribution in [2.24, 2.45) is 5.92 Å². The Bertz CT molecular complexity index is 1090. The van der Waals surface area contributed by atoms with Crippen LogP contribution in [-0.4, -0.2) is 52.2 Å². The minimum Gasteiger partial charge on any atom is -0.379 e. The largest absolute Gasteiger partial charge is 0.379 e. The zero-order valence-corrected chi connectivity index (χ0v) is 21.2. The summed E-state index contributed by atoms with van der Waals surface area (Å²) in [6.07, 6.45) is 9.09. The molecule has 3 N–H and O–H groups in total. The van der Waals surface area contributed by atoms with E-state index < -0.39 is 17.9 Å². The molecule has 2 heterocycles. The molecule has 2 aliphatic heterocycles. The molecule has 1 aromatic rings. The quantitative estimate of drug-likeness (QED) is 0.454. The van der Waals surface area contributed by atoms with E-state index in [-0.39, 0.29) is 48.7 Å². The molecule has 37 heavy (non-hydrogen) atoms. The normalized spacial score (nSPS) is 31.6. The van der Waals surface area contributed by atoms with Crippen molar-refractivity contribution in [1.82, 2.24) is 15.5 Å². The molecule has 0 bridgehead atoms. The average molecular weight is 515 g/mol. The summed E-state index contributed by atoms with van der Waals surface area (Å²) in [5.41, 5.74) is 2.39. The molecule has 4 fully saturated rings. The zero-order valence-electron chi connectivity index (χ0n) is 21.2. The number of halogens is 2. The van der Waals surface area contributed by atoms with Crippen molar-refractivity contribution in [1.29, 1.82) is 0 Å². The Kier molecular flexibility index (Phi) is 6.24. The summed E-state index contributed by atoms with van der Waals surface area (Å²) < 4.78 is 26.6. The molecule has 1 saturated heterocycles. The van der Waals surface area contributed by atoms with Gasteiger partial charge in [0.2, 0.25) is 11.8 Å². The highest BCUT2D eigenvalue weighted by atomic mass is 19.3. The number of nitrogens with zero attached hydrogens (tertiary/aromatic N) is 1. The summed E-state index contributed by atoms with van der Waals surface area (Å²) in [6, 6.07) is 5.30. The second-order valence-electron chi connectivity index (χ2n) is 12.0. The van der Waals surface area contributed by atoms with Gasteiger partial charge in [-0.2, -0.15) is 0 Å². The van der Waals surface area contributed by atoms with Crippen LogP contribution in [0.5, 0.6) is 0 Å². The molecule has 6 rings (SSSR count). The first-order chi connectivity index (χ1) is 17.7. The number of benzene rings is 1. The van der Waals surface area contributed by atoms with Crippen LogP contribution in [-0.2, 0) is 16.1 Å². The number of alkyl halides is 2. The van der Waals surface area contributed by atoms with Gasteiger partial charge < -0.3 is 15.5 Å². The van der Waals surface area contributed by atoms with Crippen LogP contribution in [0, 0.1) is 5.92 Å². The van der Waals surface area contributed by atoms with E-state index in [1.165, 1.54) is 19.3 Å². The molecule has 200 valence electrons. The Labute approximate surface area is 216 Å². The lowest BCUT2D eigenvalue weighted by molar-refractivity contribution is -0.136. The van der Waals surface area contributed by atoms with Gasteiger partial charge in [-0.25, -0.2) is 8.78 Å². The van der Waals surface area contributed by atoms with E-state index in [1.807, 2.05) is 18.2 Å². The van der Waals surface area contributed by atoms with Crippen LogP contribution in [0.15, 0.2) is 18.2 Å². The number of carbonyl (C=O) groups excluding carboxylic acids is 3. The van der Waals surface area contributed by atoms with Gasteiger partial charge in [-0.1, -0.05) is 18.9 Å². The van der Waals surface area contributed by atoms with Gasteiger partial charge in [0.1, 0.15) is 6.04 Å². The predicted molar refractivity (Wildman–Crippen MR) is 134 cm³/mol. The second kappa shape index (κ2) is 9.33. The number of hydrogen-bond donors (Lipinski definition) is 3. The SMILES string of the molecule is O=C1CCC(N2Cc3c(NC4(CCC5CC5)CCC(NC5CC(F)(F)C5)CC4)cccc3C2=O)C(=O)N1. The maximum absolute atomic E-state index is 13.3. The molecule has 9 heteroatoms. The fraction of sp³-hybridized carbons (Fsp3) is 0.679. The van der Waals surface area contributed by atoms with Gasteiger partial charge in [0.05, 0.1) is 0 Å². The number of fused-ring (bicyclic) bond motifs is 1. The molecule has 5 aliphatic rings. The minimum atomic E-state index is -2.51. The molecule has 1 aromatic carbocycles. The fourth-order valence-electron chi connectivity index (χ4n) is 6.76. The summed E-state index contributed by atoms with van der Waals surface area (Å²) in [6.45, 7) is 0.350. The molecule has 3 aliphatic carbocycles. The van der Waals surface area contributed by atoms with E-state index in [2.05, 4.69) is 16.0 Å². The summed E-state index contributed by atoms with van der Waals surface area (Å²) >= 11 is 0. The third-order valence-corrected chi connectivity index (χ3v) is 9.21. The van der Waals surface area contributed by atoms with Crippen LogP contribution in [0.4, 0.5) is 14.5 Å². The maximum Gasteiger partial charge on any atom is 0.255 e. The highest BCUT2D eigenvalue weighted by Gasteiger charge is 2.47.